The van der Waals surface area contributed by atoms with Crippen LogP contribution in [0.2, 0.25) is 0 Å². The van der Waals surface area contributed by atoms with Crippen molar-refractivity contribution in [2.45, 2.75) is 13.8 Å². The summed E-state index contributed by atoms with van der Waals surface area (Å²) in [5, 5.41) is 0. The van der Waals surface area contributed by atoms with Gasteiger partial charge in [0.05, 0.1) is 11.4 Å². The fourth-order valence-electron chi connectivity index (χ4n) is 2.11. The largest absolute Gasteiger partial charge is 0.397 e. The van der Waals surface area contributed by atoms with Crippen LogP contribution in [0.15, 0.2) is 46.9 Å². The maximum Gasteiger partial charge on any atom is 0.0645 e. The number of hydrogen-bond acceptors (Lipinski definition) is 2. The van der Waals surface area contributed by atoms with Crippen molar-refractivity contribution < 1.29 is 0 Å². The van der Waals surface area contributed by atoms with E-state index in [9.17, 15) is 0 Å². The number of aryl methyl sites for hydroxylation is 1. The molecule has 2 aromatic carbocycles. The van der Waals surface area contributed by atoms with Crippen LogP contribution in [-0.4, -0.2) is 6.54 Å². The SMILES string of the molecule is CCN(c1ccccc1C)c1ccc(Br)cc1N. The number of nitrogens with two attached hydrogens (primary N) is 1. The first-order chi connectivity index (χ1) is 8.63. The molecule has 0 atom stereocenters. The lowest BCUT2D eigenvalue weighted by molar-refractivity contribution is 1.02. The first kappa shape index (κ1) is 13.0. The summed E-state index contributed by atoms with van der Waals surface area (Å²) in [6.45, 7) is 5.14. The van der Waals surface area contributed by atoms with Crippen LogP contribution in [-0.2, 0) is 0 Å². The van der Waals surface area contributed by atoms with Gasteiger partial charge in [0.2, 0.25) is 0 Å². The van der Waals surface area contributed by atoms with E-state index in [1.807, 2.05) is 12.1 Å². The molecule has 0 spiro atoms. The fourth-order valence-corrected chi connectivity index (χ4v) is 2.49. The van der Waals surface area contributed by atoms with Crippen LogP contribution in [0.1, 0.15) is 12.5 Å². The van der Waals surface area contributed by atoms with E-state index < -0.39 is 0 Å². The number of rotatable bonds is 3. The van der Waals surface area contributed by atoms with Gasteiger partial charge in [-0.25, -0.2) is 0 Å². The van der Waals surface area contributed by atoms with Crippen LogP contribution < -0.4 is 10.6 Å². The highest BCUT2D eigenvalue weighted by Gasteiger charge is 2.12. The van der Waals surface area contributed by atoms with Crippen molar-refractivity contribution in [1.29, 1.82) is 0 Å². The lowest BCUT2D eigenvalue weighted by Crippen LogP contribution is -2.18. The Bertz CT molecular complexity index is 552. The standard InChI is InChI=1S/C15H17BrN2/c1-3-18(14-7-5-4-6-11(14)2)15-9-8-12(16)10-13(15)17/h4-10H,3,17H2,1-2H3. The average Bonchev–Trinajstić information content (AvgIpc) is 2.34. The summed E-state index contributed by atoms with van der Waals surface area (Å²) in [6, 6.07) is 14.4. The summed E-state index contributed by atoms with van der Waals surface area (Å²) in [4.78, 5) is 2.23. The van der Waals surface area contributed by atoms with Crippen molar-refractivity contribution >= 4 is 33.0 Å². The fraction of sp³-hybridized carbons (Fsp3) is 0.200. The van der Waals surface area contributed by atoms with Crippen LogP contribution in [0.5, 0.6) is 0 Å². The lowest BCUT2D eigenvalue weighted by Gasteiger charge is -2.26. The van der Waals surface area contributed by atoms with E-state index in [1.54, 1.807) is 0 Å². The number of nitrogens with zero attached hydrogens (tertiary/aromatic N) is 1. The predicted octanol–water partition coefficient (Wildman–Crippen LogP) is 4.50. The Morgan fingerprint density at radius 1 is 1.11 bits per heavy atom. The molecule has 2 rings (SSSR count). The first-order valence-corrected chi connectivity index (χ1v) is 6.81. The molecule has 2 aromatic rings. The maximum absolute atomic E-state index is 6.11. The number of benzene rings is 2. The summed E-state index contributed by atoms with van der Waals surface area (Å²) in [6.07, 6.45) is 0. The summed E-state index contributed by atoms with van der Waals surface area (Å²) >= 11 is 3.44. The highest BCUT2D eigenvalue weighted by Crippen LogP contribution is 2.33. The third-order valence-corrected chi connectivity index (χ3v) is 3.50. The molecule has 0 radical (unpaired) electrons. The molecule has 0 heterocycles. The quantitative estimate of drug-likeness (QED) is 0.846. The van der Waals surface area contributed by atoms with Crippen LogP contribution >= 0.6 is 15.9 Å². The summed E-state index contributed by atoms with van der Waals surface area (Å²) in [7, 11) is 0. The summed E-state index contributed by atoms with van der Waals surface area (Å²) in [5.74, 6) is 0. The Balaban J connectivity index is 2.49. The van der Waals surface area contributed by atoms with Crippen LogP contribution in [0.4, 0.5) is 17.1 Å². The number of halogens is 1. The van der Waals surface area contributed by atoms with Gasteiger partial charge < -0.3 is 10.6 Å². The maximum atomic E-state index is 6.11. The van der Waals surface area contributed by atoms with Gasteiger partial charge in [0.15, 0.2) is 0 Å². The monoisotopic (exact) mass is 304 g/mol. The summed E-state index contributed by atoms with van der Waals surface area (Å²) < 4.78 is 1.00. The molecule has 0 amide bonds. The van der Waals surface area contributed by atoms with Crippen molar-refractivity contribution in [3.05, 3.63) is 52.5 Å². The second-order valence-electron chi connectivity index (χ2n) is 4.23. The van der Waals surface area contributed by atoms with Gasteiger partial charge >= 0.3 is 0 Å². The second-order valence-corrected chi connectivity index (χ2v) is 5.15. The van der Waals surface area contributed by atoms with Gasteiger partial charge in [-0.1, -0.05) is 34.1 Å². The van der Waals surface area contributed by atoms with Crippen LogP contribution in [0.3, 0.4) is 0 Å². The lowest BCUT2D eigenvalue weighted by atomic mass is 10.1. The van der Waals surface area contributed by atoms with Gasteiger partial charge in [-0.2, -0.15) is 0 Å². The third kappa shape index (κ3) is 2.51. The molecule has 94 valence electrons. The Hall–Kier alpha value is -1.48. The van der Waals surface area contributed by atoms with Gasteiger partial charge in [0, 0.05) is 16.7 Å². The van der Waals surface area contributed by atoms with Crippen LogP contribution in [0, 0.1) is 6.92 Å². The van der Waals surface area contributed by atoms with Gasteiger partial charge in [-0.15, -0.1) is 0 Å². The normalized spacial score (nSPS) is 10.4. The molecule has 2 nitrogen and oxygen atoms in total. The van der Waals surface area contributed by atoms with Gasteiger partial charge in [0.1, 0.15) is 0 Å². The zero-order valence-electron chi connectivity index (χ0n) is 10.7. The van der Waals surface area contributed by atoms with E-state index in [4.69, 9.17) is 5.73 Å². The molecular weight excluding hydrogens is 288 g/mol. The molecule has 0 unspecified atom stereocenters. The zero-order valence-corrected chi connectivity index (χ0v) is 12.2. The van der Waals surface area contributed by atoms with Crippen molar-refractivity contribution in [3.63, 3.8) is 0 Å². The number of para-hydroxylation sites is 1. The highest BCUT2D eigenvalue weighted by atomic mass is 79.9. The second kappa shape index (κ2) is 5.44. The van der Waals surface area contributed by atoms with Crippen molar-refractivity contribution in [1.82, 2.24) is 0 Å². The molecule has 0 aliphatic carbocycles. The van der Waals surface area contributed by atoms with E-state index in [-0.39, 0.29) is 0 Å². The molecule has 0 aliphatic rings. The Labute approximate surface area is 117 Å². The molecule has 0 bridgehead atoms. The smallest absolute Gasteiger partial charge is 0.0645 e. The number of hydrogen-bond donors (Lipinski definition) is 1. The van der Waals surface area contributed by atoms with Crippen molar-refractivity contribution in [2.75, 3.05) is 17.2 Å². The van der Waals surface area contributed by atoms with E-state index in [0.29, 0.717) is 0 Å². The Kier molecular flexibility index (Phi) is 3.92. The molecule has 0 fully saturated rings. The van der Waals surface area contributed by atoms with E-state index in [2.05, 4.69) is 65.0 Å². The van der Waals surface area contributed by atoms with E-state index >= 15 is 0 Å². The Morgan fingerprint density at radius 3 is 2.44 bits per heavy atom. The zero-order chi connectivity index (χ0) is 13.1. The highest BCUT2D eigenvalue weighted by molar-refractivity contribution is 9.10. The van der Waals surface area contributed by atoms with Crippen molar-refractivity contribution in [2.24, 2.45) is 0 Å². The van der Waals surface area contributed by atoms with Gasteiger partial charge in [-0.3, -0.25) is 0 Å². The molecule has 0 saturated heterocycles. The summed E-state index contributed by atoms with van der Waals surface area (Å²) in [5.41, 5.74) is 10.4. The number of nitrogen functional groups attached to an aromatic ring is 1. The molecule has 0 aromatic heterocycles. The molecule has 0 saturated carbocycles. The third-order valence-electron chi connectivity index (χ3n) is 3.00. The molecule has 18 heavy (non-hydrogen) atoms. The minimum absolute atomic E-state index is 0.787. The van der Waals surface area contributed by atoms with Crippen molar-refractivity contribution in [3.8, 4) is 0 Å². The molecule has 3 heteroatoms. The first-order valence-electron chi connectivity index (χ1n) is 6.01. The molecule has 0 aliphatic heterocycles. The topological polar surface area (TPSA) is 29.3 Å². The van der Waals surface area contributed by atoms with Gasteiger partial charge in [0.25, 0.3) is 0 Å². The molecular formula is C15H17BrN2. The predicted molar refractivity (Wildman–Crippen MR) is 82.4 cm³/mol. The van der Waals surface area contributed by atoms with E-state index in [1.165, 1.54) is 11.3 Å². The number of anilines is 3. The van der Waals surface area contributed by atoms with Crippen LogP contribution in [0.25, 0.3) is 0 Å². The molecule has 2 N–H and O–H groups in total. The average molecular weight is 305 g/mol. The van der Waals surface area contributed by atoms with Gasteiger partial charge in [-0.05, 0) is 43.7 Å². The van der Waals surface area contributed by atoms with E-state index in [0.717, 1.165) is 22.4 Å². The minimum Gasteiger partial charge on any atom is -0.397 e. The minimum atomic E-state index is 0.787. The Morgan fingerprint density at radius 2 is 1.83 bits per heavy atom.